The lowest BCUT2D eigenvalue weighted by atomic mass is 10.3. The number of halogens is 1. The number of ether oxygens (including phenoxy) is 1. The Hall–Kier alpha value is -2.61. The van der Waals surface area contributed by atoms with Crippen LogP contribution in [-0.2, 0) is 4.74 Å². The highest BCUT2D eigenvalue weighted by Crippen LogP contribution is 2.23. The lowest BCUT2D eigenvalue weighted by molar-refractivity contribution is 0.0508. The van der Waals surface area contributed by atoms with Gasteiger partial charge in [0.25, 0.3) is 5.82 Å². The van der Waals surface area contributed by atoms with E-state index in [9.17, 15) is 4.79 Å². The molecule has 2 aromatic heterocycles. The van der Waals surface area contributed by atoms with E-state index < -0.39 is 5.97 Å². The zero-order chi connectivity index (χ0) is 14.8. The standard InChI is InChI=1S/C12H9ClN4O4/c1-2-19-10(18)9-15-12(21-17-9)16-11-14-7-5-6(13)3-4-8(7)20-11/h3-5H,2H2,1H3,(H,14,15,16,17). The summed E-state index contributed by atoms with van der Waals surface area (Å²) in [6.07, 6.45) is 0. The van der Waals surface area contributed by atoms with Crippen LogP contribution in [0, 0.1) is 0 Å². The van der Waals surface area contributed by atoms with E-state index in [1.807, 2.05) is 0 Å². The summed E-state index contributed by atoms with van der Waals surface area (Å²) in [4.78, 5) is 19.4. The van der Waals surface area contributed by atoms with Crippen molar-refractivity contribution in [1.82, 2.24) is 15.1 Å². The predicted octanol–water partition coefficient (Wildman–Crippen LogP) is 2.78. The number of aromatic nitrogens is 3. The highest BCUT2D eigenvalue weighted by Gasteiger charge is 2.17. The summed E-state index contributed by atoms with van der Waals surface area (Å²) < 4.78 is 15.0. The molecule has 3 aromatic rings. The third-order valence-corrected chi connectivity index (χ3v) is 2.68. The second kappa shape index (κ2) is 5.41. The number of nitrogens with zero attached hydrogens (tertiary/aromatic N) is 3. The summed E-state index contributed by atoms with van der Waals surface area (Å²) in [5, 5.41) is 6.69. The lowest BCUT2D eigenvalue weighted by Gasteiger charge is -1.93. The molecule has 0 radical (unpaired) electrons. The molecule has 8 nitrogen and oxygen atoms in total. The van der Waals surface area contributed by atoms with Crippen molar-refractivity contribution in [2.75, 3.05) is 11.9 Å². The maximum atomic E-state index is 11.4. The van der Waals surface area contributed by atoms with E-state index in [0.717, 1.165) is 0 Å². The number of benzene rings is 1. The van der Waals surface area contributed by atoms with Crippen molar-refractivity contribution in [3.63, 3.8) is 0 Å². The molecule has 0 bridgehead atoms. The number of fused-ring (bicyclic) bond motifs is 1. The first-order valence-corrected chi connectivity index (χ1v) is 6.37. The number of nitrogens with one attached hydrogen (secondary N) is 1. The average molecular weight is 309 g/mol. The molecule has 0 spiro atoms. The van der Waals surface area contributed by atoms with Gasteiger partial charge in [0.1, 0.15) is 5.52 Å². The highest BCUT2D eigenvalue weighted by molar-refractivity contribution is 6.31. The smallest absolute Gasteiger partial charge is 0.380 e. The van der Waals surface area contributed by atoms with Crippen molar-refractivity contribution in [3.05, 3.63) is 29.0 Å². The number of hydrogen-bond donors (Lipinski definition) is 1. The molecule has 0 amide bonds. The lowest BCUT2D eigenvalue weighted by Crippen LogP contribution is -2.06. The molecule has 1 N–H and O–H groups in total. The minimum atomic E-state index is -0.668. The molecule has 0 aliphatic rings. The highest BCUT2D eigenvalue weighted by atomic mass is 35.5. The van der Waals surface area contributed by atoms with Crippen LogP contribution in [0.3, 0.4) is 0 Å². The fourth-order valence-corrected chi connectivity index (χ4v) is 1.76. The Balaban J connectivity index is 1.80. The van der Waals surface area contributed by atoms with E-state index in [0.29, 0.717) is 16.1 Å². The molecule has 0 aliphatic carbocycles. The van der Waals surface area contributed by atoms with Crippen LogP contribution in [0.15, 0.2) is 27.1 Å². The van der Waals surface area contributed by atoms with Gasteiger partial charge in [0.05, 0.1) is 6.61 Å². The number of hydrogen-bond acceptors (Lipinski definition) is 8. The van der Waals surface area contributed by atoms with Gasteiger partial charge in [0.2, 0.25) is 0 Å². The fraction of sp³-hybridized carbons (Fsp3) is 0.167. The van der Waals surface area contributed by atoms with Crippen molar-refractivity contribution in [1.29, 1.82) is 0 Å². The second-order valence-corrected chi connectivity index (χ2v) is 4.34. The third-order valence-electron chi connectivity index (χ3n) is 2.45. The normalized spacial score (nSPS) is 10.8. The maximum Gasteiger partial charge on any atom is 0.380 e. The van der Waals surface area contributed by atoms with Crippen molar-refractivity contribution in [2.45, 2.75) is 6.92 Å². The monoisotopic (exact) mass is 308 g/mol. The van der Waals surface area contributed by atoms with Crippen LogP contribution in [0.1, 0.15) is 17.5 Å². The second-order valence-electron chi connectivity index (χ2n) is 3.90. The molecule has 1 aromatic carbocycles. The molecule has 2 heterocycles. The van der Waals surface area contributed by atoms with Crippen molar-refractivity contribution < 1.29 is 18.5 Å². The van der Waals surface area contributed by atoms with Crippen LogP contribution < -0.4 is 5.32 Å². The Labute approximate surface area is 123 Å². The van der Waals surface area contributed by atoms with E-state index in [2.05, 4.69) is 20.4 Å². The molecule has 0 fully saturated rings. The van der Waals surface area contributed by atoms with E-state index in [4.69, 9.17) is 25.3 Å². The molecule has 108 valence electrons. The quantitative estimate of drug-likeness (QED) is 0.734. The van der Waals surface area contributed by atoms with E-state index in [1.165, 1.54) is 0 Å². The van der Waals surface area contributed by atoms with Gasteiger partial charge in [-0.15, -0.1) is 0 Å². The van der Waals surface area contributed by atoms with Gasteiger partial charge in [-0.25, -0.2) is 4.79 Å². The molecule has 21 heavy (non-hydrogen) atoms. The molecule has 9 heteroatoms. The molecular formula is C12H9ClN4O4. The maximum absolute atomic E-state index is 11.4. The number of carbonyl (C=O) groups is 1. The molecule has 3 rings (SSSR count). The van der Waals surface area contributed by atoms with Crippen LogP contribution in [0.2, 0.25) is 5.02 Å². The van der Waals surface area contributed by atoms with Gasteiger partial charge in [-0.3, -0.25) is 5.32 Å². The van der Waals surface area contributed by atoms with Gasteiger partial charge in [-0.05, 0) is 30.3 Å². The molecule has 0 saturated heterocycles. The van der Waals surface area contributed by atoms with E-state index in [-0.39, 0.29) is 24.5 Å². The summed E-state index contributed by atoms with van der Waals surface area (Å²) in [6, 6.07) is 5.14. The number of anilines is 2. The Morgan fingerprint density at radius 2 is 2.24 bits per heavy atom. The van der Waals surface area contributed by atoms with Crippen LogP contribution in [0.5, 0.6) is 0 Å². The van der Waals surface area contributed by atoms with Crippen molar-refractivity contribution in [2.24, 2.45) is 0 Å². The summed E-state index contributed by atoms with van der Waals surface area (Å²) in [7, 11) is 0. The van der Waals surface area contributed by atoms with Crippen LogP contribution in [-0.4, -0.2) is 27.7 Å². The summed E-state index contributed by atoms with van der Waals surface area (Å²) in [5.74, 6) is -0.850. The van der Waals surface area contributed by atoms with Crippen LogP contribution >= 0.6 is 11.6 Å². The first kappa shape index (κ1) is 13.4. The first-order valence-electron chi connectivity index (χ1n) is 5.99. The summed E-state index contributed by atoms with van der Waals surface area (Å²) in [6.45, 7) is 1.91. The first-order chi connectivity index (χ1) is 10.2. The number of rotatable bonds is 4. The van der Waals surface area contributed by atoms with E-state index >= 15 is 0 Å². The van der Waals surface area contributed by atoms with Gasteiger partial charge in [0, 0.05) is 5.02 Å². The zero-order valence-electron chi connectivity index (χ0n) is 10.8. The number of oxazole rings is 1. The Morgan fingerprint density at radius 1 is 1.38 bits per heavy atom. The number of carbonyl (C=O) groups excluding carboxylic acids is 1. The largest absolute Gasteiger partial charge is 0.460 e. The molecule has 0 aliphatic heterocycles. The Bertz CT molecular complexity index is 798. The van der Waals surface area contributed by atoms with Crippen molar-refractivity contribution >= 4 is 40.7 Å². The van der Waals surface area contributed by atoms with Crippen LogP contribution in [0.4, 0.5) is 12.0 Å². The van der Waals surface area contributed by atoms with Gasteiger partial charge < -0.3 is 13.7 Å². The molecule has 0 unspecified atom stereocenters. The van der Waals surface area contributed by atoms with Gasteiger partial charge in [0.15, 0.2) is 5.58 Å². The summed E-state index contributed by atoms with van der Waals surface area (Å²) in [5.41, 5.74) is 1.13. The number of esters is 1. The van der Waals surface area contributed by atoms with Crippen molar-refractivity contribution in [3.8, 4) is 0 Å². The zero-order valence-corrected chi connectivity index (χ0v) is 11.5. The minimum Gasteiger partial charge on any atom is -0.460 e. The predicted molar refractivity (Wildman–Crippen MR) is 72.6 cm³/mol. The SMILES string of the molecule is CCOC(=O)c1noc(Nc2nc3cc(Cl)ccc3o2)n1. The topological polar surface area (TPSA) is 103 Å². The fourth-order valence-electron chi connectivity index (χ4n) is 1.60. The Kier molecular flexibility index (Phi) is 3.44. The third kappa shape index (κ3) is 2.79. The summed E-state index contributed by atoms with van der Waals surface area (Å²) >= 11 is 5.86. The minimum absolute atomic E-state index is 0.0318. The van der Waals surface area contributed by atoms with E-state index in [1.54, 1.807) is 25.1 Å². The van der Waals surface area contributed by atoms with Crippen LogP contribution in [0.25, 0.3) is 11.1 Å². The average Bonchev–Trinajstić information content (AvgIpc) is 3.05. The molecule has 0 atom stereocenters. The molecule has 0 saturated carbocycles. The van der Waals surface area contributed by atoms with Gasteiger partial charge >= 0.3 is 18.0 Å². The van der Waals surface area contributed by atoms with Gasteiger partial charge in [-0.2, -0.15) is 9.97 Å². The Morgan fingerprint density at radius 3 is 3.05 bits per heavy atom. The van der Waals surface area contributed by atoms with Gasteiger partial charge in [-0.1, -0.05) is 11.6 Å². The molecular weight excluding hydrogens is 300 g/mol.